The van der Waals surface area contributed by atoms with Gasteiger partial charge in [-0.1, -0.05) is 52.1 Å². The number of furan rings is 1. The van der Waals surface area contributed by atoms with Crippen LogP contribution in [0.15, 0.2) is 28.7 Å². The third-order valence-electron chi connectivity index (χ3n) is 4.44. The van der Waals surface area contributed by atoms with Crippen molar-refractivity contribution in [1.29, 1.82) is 0 Å². The lowest BCUT2D eigenvalue weighted by Gasteiger charge is -2.36. The van der Waals surface area contributed by atoms with E-state index in [9.17, 15) is 0 Å². The molecule has 0 bridgehead atoms. The van der Waals surface area contributed by atoms with E-state index >= 15 is 0 Å². The maximum atomic E-state index is 6.06. The molecule has 0 atom stereocenters. The fourth-order valence-corrected chi connectivity index (χ4v) is 3.63. The minimum Gasteiger partial charge on any atom is -0.461 e. The lowest BCUT2D eigenvalue weighted by Crippen LogP contribution is -2.39. The first-order chi connectivity index (χ1) is 8.21. The highest BCUT2D eigenvalue weighted by Crippen LogP contribution is 2.38. The molecule has 0 aliphatic carbocycles. The summed E-state index contributed by atoms with van der Waals surface area (Å²) < 4.78 is 6.06. The largest absolute Gasteiger partial charge is 0.461 e. The summed E-state index contributed by atoms with van der Waals surface area (Å²) >= 11 is 0. The maximum Gasteiger partial charge on any atom is 0.137 e. The second-order valence-electron chi connectivity index (χ2n) is 7.02. The number of rotatable bonds is 2. The molecular weight excluding hydrogens is 236 g/mol. The van der Waals surface area contributed by atoms with Crippen molar-refractivity contribution in [2.24, 2.45) is 0 Å². The number of benzene rings is 1. The molecule has 0 aliphatic heterocycles. The van der Waals surface area contributed by atoms with Crippen molar-refractivity contribution < 1.29 is 4.42 Å². The molecule has 1 nitrogen and oxygen atoms in total. The summed E-state index contributed by atoms with van der Waals surface area (Å²) in [4.78, 5) is 0. The van der Waals surface area contributed by atoms with Crippen molar-refractivity contribution in [2.75, 3.05) is 0 Å². The van der Waals surface area contributed by atoms with Gasteiger partial charge in [-0.2, -0.15) is 0 Å². The van der Waals surface area contributed by atoms with Gasteiger partial charge < -0.3 is 4.42 Å². The van der Waals surface area contributed by atoms with Gasteiger partial charge in [0.2, 0.25) is 0 Å². The quantitative estimate of drug-likeness (QED) is 0.665. The Balaban J connectivity index is 2.36. The molecule has 0 N–H and O–H groups in total. The minimum atomic E-state index is -1.32. The molecule has 2 aromatic rings. The van der Waals surface area contributed by atoms with Crippen LogP contribution in [-0.4, -0.2) is 8.07 Å². The van der Waals surface area contributed by atoms with Crippen molar-refractivity contribution in [1.82, 2.24) is 0 Å². The summed E-state index contributed by atoms with van der Waals surface area (Å²) in [5, 5.41) is 1.64. The lowest BCUT2D eigenvalue weighted by molar-refractivity contribution is 0.562. The van der Waals surface area contributed by atoms with Crippen LogP contribution >= 0.6 is 0 Å². The molecule has 18 heavy (non-hydrogen) atoms. The predicted octanol–water partition coefficient (Wildman–Crippen LogP) is 5.33. The van der Waals surface area contributed by atoms with Gasteiger partial charge >= 0.3 is 0 Å². The van der Waals surface area contributed by atoms with Gasteiger partial charge in [-0.05, 0) is 23.6 Å². The smallest absolute Gasteiger partial charge is 0.137 e. The van der Waals surface area contributed by atoms with Crippen LogP contribution in [0.25, 0.3) is 11.0 Å². The zero-order chi connectivity index (χ0) is 13.6. The monoisotopic (exact) mass is 260 g/mol. The summed E-state index contributed by atoms with van der Waals surface area (Å²) in [5.41, 5.74) is 2.29. The first-order valence-electron chi connectivity index (χ1n) is 6.69. The molecule has 98 valence electrons. The number of para-hydroxylation sites is 1. The molecule has 0 radical (unpaired) electrons. The average Bonchev–Trinajstić information content (AvgIpc) is 2.59. The number of hydrogen-bond acceptors (Lipinski definition) is 1. The standard InChI is InChI=1S/C16H24OSi/c1-12-8-7-9-13-10-14(17-15(12)13)11-18(5,6)16(2,3)4/h7-10H,11H2,1-6H3. The molecule has 2 rings (SSSR count). The Morgan fingerprint density at radius 2 is 1.83 bits per heavy atom. The van der Waals surface area contributed by atoms with Gasteiger partial charge in [-0.25, -0.2) is 0 Å². The Morgan fingerprint density at radius 1 is 1.17 bits per heavy atom. The van der Waals surface area contributed by atoms with E-state index in [-0.39, 0.29) is 0 Å². The van der Waals surface area contributed by atoms with Gasteiger partial charge in [0, 0.05) is 11.4 Å². The zero-order valence-electron chi connectivity index (χ0n) is 12.4. The Morgan fingerprint density at radius 3 is 2.39 bits per heavy atom. The van der Waals surface area contributed by atoms with Gasteiger partial charge in [0.1, 0.15) is 11.3 Å². The number of fused-ring (bicyclic) bond motifs is 1. The first-order valence-corrected chi connectivity index (χ1v) is 9.89. The van der Waals surface area contributed by atoms with E-state index in [2.05, 4.69) is 65.1 Å². The Kier molecular flexibility index (Phi) is 3.18. The summed E-state index contributed by atoms with van der Waals surface area (Å²) in [6.45, 7) is 14.1. The highest BCUT2D eigenvalue weighted by atomic mass is 28.3. The molecule has 1 aromatic heterocycles. The van der Waals surface area contributed by atoms with E-state index in [1.807, 2.05) is 0 Å². The van der Waals surface area contributed by atoms with E-state index in [0.29, 0.717) is 5.04 Å². The Hall–Kier alpha value is -1.02. The minimum absolute atomic E-state index is 0.404. The van der Waals surface area contributed by atoms with Crippen molar-refractivity contribution in [3.63, 3.8) is 0 Å². The Bertz CT molecular complexity index is 558. The lowest BCUT2D eigenvalue weighted by atomic mass is 10.2. The third-order valence-corrected chi connectivity index (χ3v) is 9.73. The van der Waals surface area contributed by atoms with Crippen LogP contribution in [0.1, 0.15) is 32.1 Å². The van der Waals surface area contributed by atoms with E-state index in [4.69, 9.17) is 4.42 Å². The molecule has 0 amide bonds. The van der Waals surface area contributed by atoms with E-state index in [1.165, 1.54) is 10.9 Å². The molecule has 0 saturated heterocycles. The summed E-state index contributed by atoms with van der Waals surface area (Å²) in [6, 6.07) is 9.69. The van der Waals surface area contributed by atoms with Crippen LogP contribution in [0.3, 0.4) is 0 Å². The van der Waals surface area contributed by atoms with E-state index < -0.39 is 8.07 Å². The number of aryl methyl sites for hydroxylation is 1. The van der Waals surface area contributed by atoms with Gasteiger partial charge in [0.25, 0.3) is 0 Å². The molecule has 1 aromatic carbocycles. The van der Waals surface area contributed by atoms with Crippen LogP contribution < -0.4 is 0 Å². The highest BCUT2D eigenvalue weighted by molar-refractivity contribution is 6.79. The second kappa shape index (κ2) is 4.27. The van der Waals surface area contributed by atoms with Crippen LogP contribution in [0, 0.1) is 6.92 Å². The third kappa shape index (κ3) is 2.39. The molecule has 0 saturated carbocycles. The molecular formula is C16H24OSi. The first kappa shape index (κ1) is 13.4. The van der Waals surface area contributed by atoms with Crippen LogP contribution in [-0.2, 0) is 6.04 Å². The molecule has 2 heteroatoms. The normalized spacial score (nSPS) is 13.2. The SMILES string of the molecule is Cc1cccc2cc(C[Si](C)(C)C(C)(C)C)oc12. The van der Waals surface area contributed by atoms with Gasteiger partial charge in [-0.15, -0.1) is 0 Å². The van der Waals surface area contributed by atoms with Gasteiger partial charge in [0.15, 0.2) is 0 Å². The molecule has 0 spiro atoms. The van der Waals surface area contributed by atoms with E-state index in [1.54, 1.807) is 0 Å². The van der Waals surface area contributed by atoms with Crippen molar-refractivity contribution >= 4 is 19.0 Å². The van der Waals surface area contributed by atoms with Crippen molar-refractivity contribution in [3.05, 3.63) is 35.6 Å². The fraction of sp³-hybridized carbons (Fsp3) is 0.500. The maximum absolute atomic E-state index is 6.06. The van der Waals surface area contributed by atoms with Crippen molar-refractivity contribution in [3.8, 4) is 0 Å². The van der Waals surface area contributed by atoms with E-state index in [0.717, 1.165) is 17.4 Å². The van der Waals surface area contributed by atoms with Crippen LogP contribution in [0.5, 0.6) is 0 Å². The summed E-state index contributed by atoms with van der Waals surface area (Å²) in [7, 11) is -1.32. The van der Waals surface area contributed by atoms with Crippen LogP contribution in [0.4, 0.5) is 0 Å². The summed E-state index contributed by atoms with van der Waals surface area (Å²) in [5.74, 6) is 1.16. The van der Waals surface area contributed by atoms with Gasteiger partial charge in [0.05, 0.1) is 8.07 Å². The highest BCUT2D eigenvalue weighted by Gasteiger charge is 2.35. The van der Waals surface area contributed by atoms with Gasteiger partial charge in [-0.3, -0.25) is 0 Å². The van der Waals surface area contributed by atoms with Crippen molar-refractivity contribution in [2.45, 2.75) is 51.9 Å². The predicted molar refractivity (Wildman–Crippen MR) is 81.9 cm³/mol. The Labute approximate surface area is 111 Å². The fourth-order valence-electron chi connectivity index (χ4n) is 2.05. The molecule has 0 fully saturated rings. The molecule has 0 unspecified atom stereocenters. The second-order valence-corrected chi connectivity index (χ2v) is 12.6. The topological polar surface area (TPSA) is 13.1 Å². The molecule has 1 heterocycles. The number of hydrogen-bond donors (Lipinski definition) is 0. The summed E-state index contributed by atoms with van der Waals surface area (Å²) in [6.07, 6.45) is 0. The average molecular weight is 260 g/mol. The van der Waals surface area contributed by atoms with Crippen LogP contribution in [0.2, 0.25) is 18.1 Å². The molecule has 0 aliphatic rings. The zero-order valence-corrected chi connectivity index (χ0v) is 13.4.